The first-order valence-corrected chi connectivity index (χ1v) is 7.49. The molecular weight excluding hydrogens is 254 g/mol. The minimum Gasteiger partial charge on any atom is -0.398 e. The Kier molecular flexibility index (Phi) is 20.6. The summed E-state index contributed by atoms with van der Waals surface area (Å²) >= 11 is 0. The van der Waals surface area contributed by atoms with Crippen LogP contribution in [0.3, 0.4) is 0 Å². The zero-order valence-electron chi connectivity index (χ0n) is 14.5. The Hall–Kier alpha value is -2.02. The van der Waals surface area contributed by atoms with Crippen molar-refractivity contribution in [2.45, 2.75) is 34.6 Å². The van der Waals surface area contributed by atoms with E-state index in [2.05, 4.69) is 26.3 Å². The highest BCUT2D eigenvalue weighted by Crippen LogP contribution is 2.19. The van der Waals surface area contributed by atoms with Crippen LogP contribution in [0.4, 0.5) is 0 Å². The van der Waals surface area contributed by atoms with E-state index in [1.54, 1.807) is 18.2 Å². The molecule has 0 rings (SSSR count). The van der Waals surface area contributed by atoms with Crippen molar-refractivity contribution in [3.05, 3.63) is 85.7 Å². The number of hydrogen-bond donors (Lipinski definition) is 1. The van der Waals surface area contributed by atoms with Gasteiger partial charge >= 0.3 is 0 Å². The highest BCUT2D eigenvalue weighted by Gasteiger charge is 2.04. The van der Waals surface area contributed by atoms with Crippen molar-refractivity contribution in [1.29, 1.82) is 0 Å². The van der Waals surface area contributed by atoms with Gasteiger partial charge in [-0.3, -0.25) is 0 Å². The van der Waals surface area contributed by atoms with Gasteiger partial charge in [-0.2, -0.15) is 0 Å². The standard InChI is InChI=1S/C16H21N.2C2H6/c1-6-10-14(9-4)15(11-7-2)16(17)12-13(5)8-3;2*1-2/h6-13H,1-4,17H2,5H3;2*1-2H3/b14-10-,15-11+,16-12+;;. The summed E-state index contributed by atoms with van der Waals surface area (Å²) in [5.74, 6) is 0.220. The van der Waals surface area contributed by atoms with Crippen molar-refractivity contribution in [3.63, 3.8) is 0 Å². The summed E-state index contributed by atoms with van der Waals surface area (Å²) in [5, 5.41) is 0. The van der Waals surface area contributed by atoms with Crippen molar-refractivity contribution in [2.75, 3.05) is 0 Å². The second kappa shape index (κ2) is 18.0. The van der Waals surface area contributed by atoms with E-state index in [0.717, 1.165) is 11.1 Å². The van der Waals surface area contributed by atoms with Crippen molar-refractivity contribution in [1.82, 2.24) is 0 Å². The van der Waals surface area contributed by atoms with E-state index in [4.69, 9.17) is 5.73 Å². The molecule has 0 spiro atoms. The smallest absolute Gasteiger partial charge is 0.0359 e. The first-order chi connectivity index (χ1) is 10.1. The lowest BCUT2D eigenvalue weighted by molar-refractivity contribution is 0.927. The molecule has 0 aromatic heterocycles. The summed E-state index contributed by atoms with van der Waals surface area (Å²) < 4.78 is 0. The van der Waals surface area contributed by atoms with E-state index in [9.17, 15) is 0 Å². The van der Waals surface area contributed by atoms with Crippen LogP contribution in [0.2, 0.25) is 0 Å². The summed E-state index contributed by atoms with van der Waals surface area (Å²) in [7, 11) is 0. The fraction of sp³-hybridized carbons (Fsp3) is 0.300. The van der Waals surface area contributed by atoms with Gasteiger partial charge in [0.2, 0.25) is 0 Å². The van der Waals surface area contributed by atoms with Gasteiger partial charge < -0.3 is 5.73 Å². The van der Waals surface area contributed by atoms with Gasteiger partial charge in [0.15, 0.2) is 0 Å². The topological polar surface area (TPSA) is 26.0 Å². The van der Waals surface area contributed by atoms with Crippen LogP contribution in [0.25, 0.3) is 0 Å². The number of allylic oxidation sites excluding steroid dienone is 8. The van der Waals surface area contributed by atoms with E-state index >= 15 is 0 Å². The molecule has 0 amide bonds. The highest BCUT2D eigenvalue weighted by molar-refractivity contribution is 5.52. The first kappa shape index (κ1) is 24.0. The van der Waals surface area contributed by atoms with Gasteiger partial charge in [0.25, 0.3) is 0 Å². The largest absolute Gasteiger partial charge is 0.398 e. The predicted molar refractivity (Wildman–Crippen MR) is 101 cm³/mol. The maximum atomic E-state index is 6.06. The van der Waals surface area contributed by atoms with Crippen molar-refractivity contribution >= 4 is 0 Å². The molecule has 0 aliphatic heterocycles. The van der Waals surface area contributed by atoms with Crippen molar-refractivity contribution < 1.29 is 0 Å². The van der Waals surface area contributed by atoms with E-state index in [1.165, 1.54) is 0 Å². The molecular formula is C20H33N. The van der Waals surface area contributed by atoms with Crippen LogP contribution < -0.4 is 5.73 Å². The molecule has 0 aliphatic carbocycles. The van der Waals surface area contributed by atoms with Gasteiger partial charge in [-0.1, -0.05) is 96.9 Å². The van der Waals surface area contributed by atoms with Crippen molar-refractivity contribution in [3.8, 4) is 0 Å². The molecule has 2 N–H and O–H groups in total. The molecule has 21 heavy (non-hydrogen) atoms. The third kappa shape index (κ3) is 11.5. The van der Waals surface area contributed by atoms with E-state index < -0.39 is 0 Å². The average Bonchev–Trinajstić information content (AvgIpc) is 2.54. The minimum atomic E-state index is 0.220. The fourth-order valence-electron chi connectivity index (χ4n) is 1.31. The summed E-state index contributed by atoms with van der Waals surface area (Å²) in [4.78, 5) is 0. The molecule has 0 saturated heterocycles. The fourth-order valence-corrected chi connectivity index (χ4v) is 1.31. The lowest BCUT2D eigenvalue weighted by Gasteiger charge is -2.10. The van der Waals surface area contributed by atoms with Gasteiger partial charge in [-0.15, -0.1) is 6.58 Å². The molecule has 0 aromatic carbocycles. The molecule has 0 saturated carbocycles. The Balaban J connectivity index is -0.000000739. The predicted octanol–water partition coefficient (Wildman–Crippen LogP) is 6.11. The monoisotopic (exact) mass is 287 g/mol. The average molecular weight is 287 g/mol. The maximum absolute atomic E-state index is 6.06. The third-order valence-electron chi connectivity index (χ3n) is 2.24. The lowest BCUT2D eigenvalue weighted by Crippen LogP contribution is -2.05. The summed E-state index contributed by atoms with van der Waals surface area (Å²) in [6.07, 6.45) is 12.7. The molecule has 0 fully saturated rings. The molecule has 118 valence electrons. The summed E-state index contributed by atoms with van der Waals surface area (Å²) in [6, 6.07) is 0. The molecule has 1 nitrogen and oxygen atoms in total. The molecule has 0 aliphatic rings. The third-order valence-corrected chi connectivity index (χ3v) is 2.24. The second-order valence-electron chi connectivity index (χ2n) is 3.59. The Morgan fingerprint density at radius 3 is 1.71 bits per heavy atom. The van der Waals surface area contributed by atoms with Crippen LogP contribution in [0.1, 0.15) is 34.6 Å². The van der Waals surface area contributed by atoms with Gasteiger partial charge in [-0.05, 0) is 11.5 Å². The molecule has 1 unspecified atom stereocenters. The van der Waals surface area contributed by atoms with E-state index in [1.807, 2.05) is 58.9 Å². The van der Waals surface area contributed by atoms with Crippen molar-refractivity contribution in [2.24, 2.45) is 11.7 Å². The first-order valence-electron chi connectivity index (χ1n) is 7.49. The van der Waals surface area contributed by atoms with Gasteiger partial charge in [0.05, 0.1) is 0 Å². The summed E-state index contributed by atoms with van der Waals surface area (Å²) in [6.45, 7) is 24.9. The van der Waals surface area contributed by atoms with Crippen LogP contribution in [-0.2, 0) is 0 Å². The molecule has 1 heteroatoms. The molecule has 1 atom stereocenters. The normalized spacial score (nSPS) is 12.7. The Morgan fingerprint density at radius 1 is 0.905 bits per heavy atom. The Morgan fingerprint density at radius 2 is 1.38 bits per heavy atom. The zero-order valence-corrected chi connectivity index (χ0v) is 14.5. The van der Waals surface area contributed by atoms with Gasteiger partial charge in [-0.25, -0.2) is 0 Å². The van der Waals surface area contributed by atoms with Gasteiger partial charge in [0, 0.05) is 11.3 Å². The van der Waals surface area contributed by atoms with E-state index in [-0.39, 0.29) is 5.92 Å². The highest BCUT2D eigenvalue weighted by atomic mass is 14.6. The minimum absolute atomic E-state index is 0.220. The van der Waals surface area contributed by atoms with Crippen LogP contribution >= 0.6 is 0 Å². The Labute approximate surface area is 132 Å². The number of rotatable bonds is 7. The van der Waals surface area contributed by atoms with Crippen LogP contribution in [0, 0.1) is 5.92 Å². The molecule has 0 aromatic rings. The lowest BCUT2D eigenvalue weighted by atomic mass is 9.99. The van der Waals surface area contributed by atoms with Crippen LogP contribution in [-0.4, -0.2) is 0 Å². The molecule has 0 bridgehead atoms. The van der Waals surface area contributed by atoms with Gasteiger partial charge in [0.1, 0.15) is 0 Å². The zero-order chi connectivity index (χ0) is 17.3. The maximum Gasteiger partial charge on any atom is 0.0359 e. The molecule has 0 radical (unpaired) electrons. The summed E-state index contributed by atoms with van der Waals surface area (Å²) in [5.41, 5.74) is 8.56. The quantitative estimate of drug-likeness (QED) is 0.443. The number of hydrogen-bond acceptors (Lipinski definition) is 1. The Bertz CT molecular complexity index is 392. The van der Waals surface area contributed by atoms with Crippen LogP contribution in [0.15, 0.2) is 85.7 Å². The number of nitrogens with two attached hydrogens (primary N) is 1. The van der Waals surface area contributed by atoms with E-state index in [0.29, 0.717) is 5.70 Å². The SMILES string of the molecule is C=C\C=C(C=C)/C(=C\C=C)C(/N)=C\C(C)C=C.CC.CC. The van der Waals surface area contributed by atoms with Crippen LogP contribution in [0.5, 0.6) is 0 Å². The molecule has 0 heterocycles. The second-order valence-corrected chi connectivity index (χ2v) is 3.59.